The largest absolute Gasteiger partial charge is 0.356 e. The molecule has 1 amide bonds. The number of hydrogen-bond acceptors (Lipinski definition) is 2. The third kappa shape index (κ3) is 5.39. The molecule has 0 aliphatic heterocycles. The highest BCUT2D eigenvalue weighted by molar-refractivity contribution is 5.81. The number of aliphatic imine (C=N–C) groups is 1. The van der Waals surface area contributed by atoms with Crippen LogP contribution in [-0.2, 0) is 4.79 Å². The Hall–Kier alpha value is -1.26. The Morgan fingerprint density at radius 2 is 2.00 bits per heavy atom. The number of guanidine groups is 1. The molecule has 5 heteroatoms. The molecule has 0 heterocycles. The zero-order chi connectivity index (χ0) is 15.0. The van der Waals surface area contributed by atoms with Gasteiger partial charge >= 0.3 is 0 Å². The molecule has 20 heavy (non-hydrogen) atoms. The van der Waals surface area contributed by atoms with Crippen molar-refractivity contribution in [2.45, 2.75) is 58.9 Å². The van der Waals surface area contributed by atoms with E-state index in [0.717, 1.165) is 12.5 Å². The fourth-order valence-corrected chi connectivity index (χ4v) is 2.51. The summed E-state index contributed by atoms with van der Waals surface area (Å²) in [6.45, 7) is 7.77. The minimum atomic E-state index is 0.0759. The topological polar surface area (TPSA) is 65.5 Å². The van der Waals surface area contributed by atoms with Crippen LogP contribution in [0.25, 0.3) is 0 Å². The first-order valence-corrected chi connectivity index (χ1v) is 7.75. The van der Waals surface area contributed by atoms with E-state index < -0.39 is 0 Å². The maximum atomic E-state index is 11.5. The number of rotatable bonds is 7. The van der Waals surface area contributed by atoms with Crippen LogP contribution < -0.4 is 16.0 Å². The van der Waals surface area contributed by atoms with Crippen LogP contribution in [0.2, 0.25) is 0 Å². The molecule has 5 nitrogen and oxygen atoms in total. The van der Waals surface area contributed by atoms with Crippen LogP contribution in [-0.4, -0.2) is 38.0 Å². The molecule has 0 aromatic carbocycles. The van der Waals surface area contributed by atoms with Crippen LogP contribution in [0.5, 0.6) is 0 Å². The summed E-state index contributed by atoms with van der Waals surface area (Å²) >= 11 is 0. The number of carbonyl (C=O) groups is 1. The Morgan fingerprint density at radius 3 is 2.45 bits per heavy atom. The predicted octanol–water partition coefficient (Wildman–Crippen LogP) is 1.65. The molecule has 1 aliphatic rings. The summed E-state index contributed by atoms with van der Waals surface area (Å²) in [6, 6.07) is 0.197. The molecule has 1 fully saturated rings. The van der Waals surface area contributed by atoms with Gasteiger partial charge in [0.1, 0.15) is 0 Å². The second-order valence-corrected chi connectivity index (χ2v) is 6.03. The lowest BCUT2D eigenvalue weighted by Crippen LogP contribution is -2.46. The number of nitrogens with zero attached hydrogens (tertiary/aromatic N) is 1. The van der Waals surface area contributed by atoms with Crippen molar-refractivity contribution in [3.63, 3.8) is 0 Å². The first kappa shape index (κ1) is 16.8. The van der Waals surface area contributed by atoms with Gasteiger partial charge in [-0.1, -0.05) is 13.3 Å². The summed E-state index contributed by atoms with van der Waals surface area (Å²) in [6.07, 6.45) is 5.65. The monoisotopic (exact) mass is 282 g/mol. The summed E-state index contributed by atoms with van der Waals surface area (Å²) < 4.78 is 0. The molecule has 0 unspecified atom stereocenters. The lowest BCUT2D eigenvalue weighted by Gasteiger charge is -2.41. The van der Waals surface area contributed by atoms with Gasteiger partial charge in [-0.3, -0.25) is 9.79 Å². The van der Waals surface area contributed by atoms with Gasteiger partial charge in [-0.15, -0.1) is 0 Å². The molecule has 0 bridgehead atoms. The van der Waals surface area contributed by atoms with E-state index in [0.29, 0.717) is 18.4 Å². The van der Waals surface area contributed by atoms with Crippen molar-refractivity contribution in [3.05, 3.63) is 0 Å². The number of amides is 1. The van der Waals surface area contributed by atoms with Crippen LogP contribution in [0, 0.1) is 5.41 Å². The molecular weight excluding hydrogens is 252 g/mol. The van der Waals surface area contributed by atoms with Gasteiger partial charge < -0.3 is 16.0 Å². The van der Waals surface area contributed by atoms with Crippen LogP contribution in [0.4, 0.5) is 0 Å². The Labute approximate surface area is 123 Å². The standard InChI is InChI=1S/C15H30N4O/c1-5-15(8-6-9-15)11-18-14(16-4)17-10-7-13(20)19-12(2)3/h12H,5-11H2,1-4H3,(H,19,20)(H2,16,17,18). The van der Waals surface area contributed by atoms with Crippen molar-refractivity contribution in [1.29, 1.82) is 0 Å². The molecule has 0 aromatic rings. The Kier molecular flexibility index (Phi) is 6.82. The molecule has 1 aliphatic carbocycles. The molecule has 0 spiro atoms. The van der Waals surface area contributed by atoms with Crippen LogP contribution >= 0.6 is 0 Å². The van der Waals surface area contributed by atoms with Gasteiger partial charge in [0.25, 0.3) is 0 Å². The molecule has 3 N–H and O–H groups in total. The van der Waals surface area contributed by atoms with Crippen molar-refractivity contribution >= 4 is 11.9 Å². The van der Waals surface area contributed by atoms with Crippen LogP contribution in [0.3, 0.4) is 0 Å². The van der Waals surface area contributed by atoms with Gasteiger partial charge in [0, 0.05) is 32.6 Å². The summed E-state index contributed by atoms with van der Waals surface area (Å²) in [4.78, 5) is 15.7. The quantitative estimate of drug-likeness (QED) is 0.491. The zero-order valence-corrected chi connectivity index (χ0v) is 13.4. The zero-order valence-electron chi connectivity index (χ0n) is 13.4. The van der Waals surface area contributed by atoms with E-state index in [2.05, 4.69) is 27.9 Å². The maximum absolute atomic E-state index is 11.5. The summed E-state index contributed by atoms with van der Waals surface area (Å²) in [5, 5.41) is 9.46. The van der Waals surface area contributed by atoms with E-state index in [1.54, 1.807) is 7.05 Å². The van der Waals surface area contributed by atoms with Gasteiger partial charge in [-0.2, -0.15) is 0 Å². The molecule has 1 rings (SSSR count). The van der Waals surface area contributed by atoms with E-state index in [9.17, 15) is 4.79 Å². The van der Waals surface area contributed by atoms with Gasteiger partial charge in [0.2, 0.25) is 5.91 Å². The average Bonchev–Trinajstić information content (AvgIpc) is 2.34. The molecule has 0 radical (unpaired) electrons. The molecule has 116 valence electrons. The summed E-state index contributed by atoms with van der Waals surface area (Å²) in [7, 11) is 1.77. The molecule has 1 saturated carbocycles. The van der Waals surface area contributed by atoms with Gasteiger partial charge in [-0.05, 0) is 38.5 Å². The minimum absolute atomic E-state index is 0.0759. The van der Waals surface area contributed by atoms with Crippen LogP contribution in [0.15, 0.2) is 4.99 Å². The smallest absolute Gasteiger partial charge is 0.221 e. The van der Waals surface area contributed by atoms with E-state index in [1.807, 2.05) is 13.8 Å². The van der Waals surface area contributed by atoms with E-state index >= 15 is 0 Å². The SMILES string of the molecule is CCC1(CNC(=NC)NCCC(=O)NC(C)C)CCC1. The maximum Gasteiger partial charge on any atom is 0.221 e. The molecule has 0 atom stereocenters. The lowest BCUT2D eigenvalue weighted by molar-refractivity contribution is -0.121. The normalized spacial score (nSPS) is 17.6. The van der Waals surface area contributed by atoms with Crippen molar-refractivity contribution in [2.75, 3.05) is 20.1 Å². The number of hydrogen-bond donors (Lipinski definition) is 3. The second kappa shape index (κ2) is 8.12. The molecule has 0 saturated heterocycles. The van der Waals surface area contributed by atoms with Crippen LogP contribution in [0.1, 0.15) is 52.9 Å². The van der Waals surface area contributed by atoms with Crippen molar-refractivity contribution < 1.29 is 4.79 Å². The minimum Gasteiger partial charge on any atom is -0.356 e. The first-order chi connectivity index (χ1) is 9.51. The van der Waals surface area contributed by atoms with Crippen molar-refractivity contribution in [3.8, 4) is 0 Å². The Bertz CT molecular complexity index is 329. The summed E-state index contributed by atoms with van der Waals surface area (Å²) in [5.41, 5.74) is 0.465. The fourth-order valence-electron chi connectivity index (χ4n) is 2.51. The highest BCUT2D eigenvalue weighted by Gasteiger charge is 2.34. The molecule has 0 aromatic heterocycles. The van der Waals surface area contributed by atoms with E-state index in [-0.39, 0.29) is 11.9 Å². The lowest BCUT2D eigenvalue weighted by atomic mass is 9.67. The van der Waals surface area contributed by atoms with Gasteiger partial charge in [0.15, 0.2) is 5.96 Å². The highest BCUT2D eigenvalue weighted by Crippen LogP contribution is 2.42. The van der Waals surface area contributed by atoms with Gasteiger partial charge in [0.05, 0.1) is 0 Å². The second-order valence-electron chi connectivity index (χ2n) is 6.03. The third-order valence-electron chi connectivity index (χ3n) is 4.11. The average molecular weight is 282 g/mol. The van der Waals surface area contributed by atoms with Crippen molar-refractivity contribution in [2.24, 2.45) is 10.4 Å². The van der Waals surface area contributed by atoms with E-state index in [4.69, 9.17) is 0 Å². The summed E-state index contributed by atoms with van der Waals surface area (Å²) in [5.74, 6) is 0.869. The number of nitrogens with one attached hydrogen (secondary N) is 3. The number of carbonyl (C=O) groups excluding carboxylic acids is 1. The highest BCUT2D eigenvalue weighted by atomic mass is 16.1. The molecular formula is C15H30N4O. The van der Waals surface area contributed by atoms with E-state index in [1.165, 1.54) is 25.7 Å². The third-order valence-corrected chi connectivity index (χ3v) is 4.11. The van der Waals surface area contributed by atoms with Gasteiger partial charge in [-0.25, -0.2) is 0 Å². The fraction of sp³-hybridized carbons (Fsp3) is 0.867. The predicted molar refractivity (Wildman–Crippen MR) is 83.8 cm³/mol. The Balaban J connectivity index is 2.21. The van der Waals surface area contributed by atoms with Crippen molar-refractivity contribution in [1.82, 2.24) is 16.0 Å². The first-order valence-electron chi connectivity index (χ1n) is 7.75. The Morgan fingerprint density at radius 1 is 1.30 bits per heavy atom.